The number of aromatic nitrogens is 1. The molecule has 0 saturated heterocycles. The summed E-state index contributed by atoms with van der Waals surface area (Å²) in [5.41, 5.74) is 19.7. The van der Waals surface area contributed by atoms with Crippen molar-refractivity contribution in [3.05, 3.63) is 273 Å². The van der Waals surface area contributed by atoms with E-state index in [4.69, 9.17) is 0 Å². The smallest absolute Gasteiger partial charge is 0.0561 e. The summed E-state index contributed by atoms with van der Waals surface area (Å²) in [6.07, 6.45) is 8.04. The van der Waals surface area contributed by atoms with Gasteiger partial charge in [0.2, 0.25) is 0 Å². The molecule has 0 saturated carbocycles. The molecule has 0 N–H and O–H groups in total. The topological polar surface area (TPSA) is 11.4 Å². The summed E-state index contributed by atoms with van der Waals surface area (Å²) in [5, 5.41) is 2.51. The molecule has 3 heteroatoms. The van der Waals surface area contributed by atoms with Gasteiger partial charge in [-0.3, -0.25) is 0 Å². The quantitative estimate of drug-likeness (QED) is 0.128. The highest BCUT2D eigenvalue weighted by Crippen LogP contribution is 2.42. The first-order valence-corrected chi connectivity index (χ1v) is 24.3. The highest BCUT2D eigenvalue weighted by molar-refractivity contribution is 6.11. The molecule has 11 aromatic rings. The molecule has 10 aromatic carbocycles. The van der Waals surface area contributed by atoms with Gasteiger partial charge in [0.25, 0.3) is 0 Å². The van der Waals surface area contributed by atoms with Gasteiger partial charge in [-0.25, -0.2) is 0 Å². The monoisotopic (exact) mass is 897 g/mol. The van der Waals surface area contributed by atoms with E-state index in [-0.39, 0.29) is 0 Å². The summed E-state index contributed by atoms with van der Waals surface area (Å²) in [6, 6.07) is 92.3. The van der Waals surface area contributed by atoms with Crippen LogP contribution >= 0.6 is 0 Å². The number of rotatable bonds is 11. The molecule has 334 valence electrons. The predicted octanol–water partition coefficient (Wildman–Crippen LogP) is 18.8. The lowest BCUT2D eigenvalue weighted by atomic mass is 10.0. The lowest BCUT2D eigenvalue weighted by Gasteiger charge is -2.27. The molecule has 70 heavy (non-hydrogen) atoms. The predicted molar refractivity (Wildman–Crippen MR) is 298 cm³/mol. The van der Waals surface area contributed by atoms with Crippen LogP contribution in [0.2, 0.25) is 0 Å². The highest BCUT2D eigenvalue weighted by atomic mass is 15.1. The molecule has 1 aliphatic carbocycles. The third kappa shape index (κ3) is 8.29. The molecule has 0 aliphatic heterocycles. The van der Waals surface area contributed by atoms with Gasteiger partial charge in [-0.15, -0.1) is 0 Å². The van der Waals surface area contributed by atoms with Crippen LogP contribution in [0.3, 0.4) is 0 Å². The van der Waals surface area contributed by atoms with Gasteiger partial charge in [0.1, 0.15) is 0 Å². The number of hydrogen-bond donors (Lipinski definition) is 0. The van der Waals surface area contributed by atoms with Gasteiger partial charge in [-0.1, -0.05) is 195 Å². The summed E-state index contributed by atoms with van der Waals surface area (Å²) in [6.45, 7) is 2.28. The number of para-hydroxylation sites is 1. The fourth-order valence-corrected chi connectivity index (χ4v) is 10.1. The van der Waals surface area contributed by atoms with E-state index >= 15 is 0 Å². The maximum atomic E-state index is 2.45. The zero-order valence-corrected chi connectivity index (χ0v) is 39.1. The second-order valence-electron chi connectivity index (χ2n) is 18.3. The van der Waals surface area contributed by atoms with Gasteiger partial charge in [-0.05, 0) is 142 Å². The molecule has 1 atom stereocenters. The van der Waals surface area contributed by atoms with E-state index in [2.05, 4.69) is 294 Å². The van der Waals surface area contributed by atoms with Crippen LogP contribution in [0, 0.1) is 5.92 Å². The van der Waals surface area contributed by atoms with Gasteiger partial charge in [0.15, 0.2) is 0 Å². The van der Waals surface area contributed by atoms with E-state index in [9.17, 15) is 0 Å². The number of fused-ring (bicyclic) bond motifs is 3. The molecule has 1 aliphatic rings. The summed E-state index contributed by atoms with van der Waals surface area (Å²) >= 11 is 0. The first-order valence-electron chi connectivity index (χ1n) is 24.3. The van der Waals surface area contributed by atoms with Crippen LogP contribution in [0.4, 0.5) is 34.1 Å². The molecule has 0 unspecified atom stereocenters. The van der Waals surface area contributed by atoms with Gasteiger partial charge in [0.05, 0.1) is 11.0 Å². The second kappa shape index (κ2) is 18.6. The standard InChI is InChI=1S/C67H51N3/c1-48-21-33-62(34-22-48)70-66-20-12-11-19-64(66)65-46-45-63(47-67(65)70)69(60-41-27-54(28-42-60)51-17-9-4-10-18-51)61-43-31-56(32-44-61)55-29-39-59(40-30-55)68(57-35-23-52(24-36-57)49-13-5-2-6-14-49)58-37-25-53(26-38-58)50-15-7-3-8-16-50/h2-21,23-48H,22H2,1H3/t48-/m1/s1. The van der Waals surface area contributed by atoms with Crippen molar-refractivity contribution in [2.45, 2.75) is 13.3 Å². The number of hydrogen-bond acceptors (Lipinski definition) is 2. The number of anilines is 6. The Morgan fingerprint density at radius 1 is 0.329 bits per heavy atom. The average molecular weight is 898 g/mol. The van der Waals surface area contributed by atoms with Crippen molar-refractivity contribution in [1.82, 2.24) is 4.57 Å². The molecular formula is C67H51N3. The molecule has 12 rings (SSSR count). The Balaban J connectivity index is 0.902. The fraction of sp³-hybridized carbons (Fsp3) is 0.0448. The Kier molecular flexibility index (Phi) is 11.3. The van der Waals surface area contributed by atoms with E-state index < -0.39 is 0 Å². The van der Waals surface area contributed by atoms with Crippen LogP contribution in [0.25, 0.3) is 72.0 Å². The second-order valence-corrected chi connectivity index (χ2v) is 18.3. The molecule has 0 radical (unpaired) electrons. The third-order valence-corrected chi connectivity index (χ3v) is 13.8. The molecule has 1 heterocycles. The van der Waals surface area contributed by atoms with Crippen LogP contribution < -0.4 is 9.80 Å². The van der Waals surface area contributed by atoms with Crippen molar-refractivity contribution in [1.29, 1.82) is 0 Å². The van der Waals surface area contributed by atoms with Crippen LogP contribution in [0.5, 0.6) is 0 Å². The lowest BCUT2D eigenvalue weighted by molar-refractivity contribution is 0.735. The normalized spacial score (nSPS) is 13.3. The van der Waals surface area contributed by atoms with E-state index in [0.29, 0.717) is 5.92 Å². The van der Waals surface area contributed by atoms with Gasteiger partial charge >= 0.3 is 0 Å². The molecular weight excluding hydrogens is 847 g/mol. The first-order chi connectivity index (χ1) is 34.6. The SMILES string of the molecule is C[C@@H]1C=CC(n2c3ccccc3c3ccc(N(c4ccc(-c5ccccc5)cc4)c4ccc(-c5ccc(N(c6ccc(-c7ccccc7)cc6)c6ccc(-c7ccccc7)cc6)cc5)cc4)cc32)=CC1. The minimum Gasteiger partial charge on any atom is -0.311 e. The van der Waals surface area contributed by atoms with Crippen molar-refractivity contribution in [3.8, 4) is 44.5 Å². The Hall–Kier alpha value is -8.92. The highest BCUT2D eigenvalue weighted by Gasteiger charge is 2.20. The van der Waals surface area contributed by atoms with E-state index in [1.165, 1.54) is 60.9 Å². The molecule has 0 spiro atoms. The maximum absolute atomic E-state index is 2.45. The van der Waals surface area contributed by atoms with E-state index in [0.717, 1.165) is 51.7 Å². The molecule has 1 aromatic heterocycles. The summed E-state index contributed by atoms with van der Waals surface area (Å²) in [5.74, 6) is 0.532. The molecule has 0 fully saturated rings. The zero-order chi connectivity index (χ0) is 46.8. The lowest BCUT2D eigenvalue weighted by Crippen LogP contribution is -2.10. The zero-order valence-electron chi connectivity index (χ0n) is 39.1. The minimum atomic E-state index is 0.532. The van der Waals surface area contributed by atoms with E-state index in [1.54, 1.807) is 0 Å². The summed E-state index contributed by atoms with van der Waals surface area (Å²) in [7, 11) is 0. The summed E-state index contributed by atoms with van der Waals surface area (Å²) < 4.78 is 2.45. The van der Waals surface area contributed by atoms with Crippen molar-refractivity contribution in [2.75, 3.05) is 9.80 Å². The van der Waals surface area contributed by atoms with Crippen LogP contribution in [-0.4, -0.2) is 4.57 Å². The van der Waals surface area contributed by atoms with Gasteiger partial charge in [-0.2, -0.15) is 0 Å². The van der Waals surface area contributed by atoms with Crippen molar-refractivity contribution in [3.63, 3.8) is 0 Å². The largest absolute Gasteiger partial charge is 0.311 e. The van der Waals surface area contributed by atoms with Crippen molar-refractivity contribution < 1.29 is 0 Å². The van der Waals surface area contributed by atoms with Gasteiger partial charge in [0, 0.05) is 50.6 Å². The Labute approximate surface area is 410 Å². The maximum Gasteiger partial charge on any atom is 0.0561 e. The minimum absolute atomic E-state index is 0.532. The number of benzene rings is 10. The average Bonchev–Trinajstić information content (AvgIpc) is 3.76. The van der Waals surface area contributed by atoms with Crippen molar-refractivity contribution in [2.24, 2.45) is 5.92 Å². The Morgan fingerprint density at radius 2 is 0.657 bits per heavy atom. The third-order valence-electron chi connectivity index (χ3n) is 13.8. The molecule has 3 nitrogen and oxygen atoms in total. The molecule has 0 bridgehead atoms. The Morgan fingerprint density at radius 3 is 1.04 bits per heavy atom. The number of nitrogens with zero attached hydrogens (tertiary/aromatic N) is 3. The number of allylic oxidation sites excluding steroid dienone is 4. The van der Waals surface area contributed by atoms with Crippen LogP contribution in [0.15, 0.2) is 273 Å². The van der Waals surface area contributed by atoms with Gasteiger partial charge < -0.3 is 14.4 Å². The summed E-state index contributed by atoms with van der Waals surface area (Å²) in [4.78, 5) is 4.73. The Bertz CT molecular complexity index is 3550. The van der Waals surface area contributed by atoms with E-state index in [1.807, 2.05) is 0 Å². The molecule has 0 amide bonds. The van der Waals surface area contributed by atoms with Crippen LogP contribution in [-0.2, 0) is 0 Å². The van der Waals surface area contributed by atoms with Crippen molar-refractivity contribution >= 4 is 61.6 Å². The van der Waals surface area contributed by atoms with Crippen LogP contribution in [0.1, 0.15) is 13.3 Å². The fourth-order valence-electron chi connectivity index (χ4n) is 10.1. The first kappa shape index (κ1) is 42.4.